The topological polar surface area (TPSA) is 58.6 Å². The molecular formula is C6H11NO3. The maximum Gasteiger partial charge on any atom is 0.329 e. The number of hydrogen-bond acceptors (Lipinski definition) is 3. The zero-order valence-electron chi connectivity index (χ0n) is 5.67. The maximum absolute atomic E-state index is 10.0. The lowest BCUT2D eigenvalue weighted by molar-refractivity contribution is -0.143. The Labute approximate surface area is 59.2 Å². The Morgan fingerprint density at radius 3 is 3.10 bits per heavy atom. The molecule has 0 radical (unpaired) electrons. The summed E-state index contributed by atoms with van der Waals surface area (Å²) in [5.74, 6) is -0.896. The van der Waals surface area contributed by atoms with E-state index < -0.39 is 5.97 Å². The third-order valence-electron chi connectivity index (χ3n) is 1.46. The molecule has 0 saturated carbocycles. The number of carbonyl (C=O) groups is 1. The van der Waals surface area contributed by atoms with Crippen LogP contribution in [0.1, 0.15) is 6.42 Å². The van der Waals surface area contributed by atoms with E-state index in [0.717, 1.165) is 19.5 Å². The van der Waals surface area contributed by atoms with Gasteiger partial charge in [-0.2, -0.15) is 0 Å². The summed E-state index contributed by atoms with van der Waals surface area (Å²) in [7, 11) is 0. The summed E-state index contributed by atoms with van der Waals surface area (Å²) < 4.78 is 5.00. The fraction of sp³-hybridized carbons (Fsp3) is 0.833. The third-order valence-corrected chi connectivity index (χ3v) is 1.46. The molecule has 0 aliphatic carbocycles. The van der Waals surface area contributed by atoms with Gasteiger partial charge in [0.05, 0.1) is 6.10 Å². The standard InChI is InChI=1S/C6H11NO3/c8-6(9)4-10-5-1-2-7-3-5/h5,7H,1-4H2,(H,8,9)/t5-/m0/s1. The SMILES string of the molecule is O=C(O)CO[C@H]1CCNC1. The molecule has 1 saturated heterocycles. The van der Waals surface area contributed by atoms with Gasteiger partial charge in [0, 0.05) is 6.54 Å². The molecule has 4 heteroatoms. The molecule has 2 N–H and O–H groups in total. The molecule has 1 atom stereocenters. The Balaban J connectivity index is 2.07. The highest BCUT2D eigenvalue weighted by molar-refractivity contribution is 5.68. The van der Waals surface area contributed by atoms with Crippen LogP contribution in [-0.4, -0.2) is 36.9 Å². The monoisotopic (exact) mass is 145 g/mol. The van der Waals surface area contributed by atoms with Crippen molar-refractivity contribution in [3.63, 3.8) is 0 Å². The van der Waals surface area contributed by atoms with Crippen LogP contribution in [0.25, 0.3) is 0 Å². The van der Waals surface area contributed by atoms with Gasteiger partial charge in [0.1, 0.15) is 6.61 Å². The van der Waals surface area contributed by atoms with Crippen molar-refractivity contribution in [1.29, 1.82) is 0 Å². The first kappa shape index (κ1) is 7.50. The van der Waals surface area contributed by atoms with Crippen LogP contribution in [0, 0.1) is 0 Å². The van der Waals surface area contributed by atoms with Gasteiger partial charge >= 0.3 is 5.97 Å². The zero-order chi connectivity index (χ0) is 7.40. The maximum atomic E-state index is 10.0. The highest BCUT2D eigenvalue weighted by Crippen LogP contribution is 2.01. The second-order valence-corrected chi connectivity index (χ2v) is 2.32. The van der Waals surface area contributed by atoms with Gasteiger partial charge in [-0.05, 0) is 13.0 Å². The molecule has 0 amide bonds. The molecule has 58 valence electrons. The first-order valence-electron chi connectivity index (χ1n) is 3.33. The fourth-order valence-corrected chi connectivity index (χ4v) is 0.960. The van der Waals surface area contributed by atoms with Crippen molar-refractivity contribution in [2.75, 3.05) is 19.7 Å². The average Bonchev–Trinajstić information content (AvgIpc) is 2.34. The minimum atomic E-state index is -0.896. The summed E-state index contributed by atoms with van der Waals surface area (Å²) in [4.78, 5) is 10.0. The number of rotatable bonds is 3. The summed E-state index contributed by atoms with van der Waals surface area (Å²) in [5.41, 5.74) is 0. The summed E-state index contributed by atoms with van der Waals surface area (Å²) in [5, 5.41) is 11.3. The molecule has 1 fully saturated rings. The predicted molar refractivity (Wildman–Crippen MR) is 34.9 cm³/mol. The molecule has 0 spiro atoms. The summed E-state index contributed by atoms with van der Waals surface area (Å²) in [6.45, 7) is 1.55. The molecule has 0 unspecified atom stereocenters. The van der Waals surface area contributed by atoms with Crippen molar-refractivity contribution in [3.8, 4) is 0 Å². The lowest BCUT2D eigenvalue weighted by Gasteiger charge is -2.06. The van der Waals surface area contributed by atoms with Crippen LogP contribution in [0.3, 0.4) is 0 Å². The summed E-state index contributed by atoms with van der Waals surface area (Å²) in [6, 6.07) is 0. The molecule has 0 aromatic heterocycles. The van der Waals surface area contributed by atoms with Crippen LogP contribution in [0.4, 0.5) is 0 Å². The number of carboxylic acid groups (broad SMARTS) is 1. The molecule has 10 heavy (non-hydrogen) atoms. The van der Waals surface area contributed by atoms with Crippen LogP contribution in [0.15, 0.2) is 0 Å². The molecule has 1 aliphatic rings. The lowest BCUT2D eigenvalue weighted by Crippen LogP contribution is -2.20. The van der Waals surface area contributed by atoms with E-state index in [1.54, 1.807) is 0 Å². The Morgan fingerprint density at radius 2 is 2.60 bits per heavy atom. The largest absolute Gasteiger partial charge is 0.480 e. The Hall–Kier alpha value is -0.610. The van der Waals surface area contributed by atoms with Gasteiger partial charge in [-0.15, -0.1) is 0 Å². The van der Waals surface area contributed by atoms with Crippen molar-refractivity contribution >= 4 is 5.97 Å². The molecule has 4 nitrogen and oxygen atoms in total. The number of ether oxygens (including phenoxy) is 1. The van der Waals surface area contributed by atoms with Crippen LogP contribution in [-0.2, 0) is 9.53 Å². The van der Waals surface area contributed by atoms with E-state index in [1.165, 1.54) is 0 Å². The minimum absolute atomic E-state index is 0.107. The van der Waals surface area contributed by atoms with E-state index in [0.29, 0.717) is 0 Å². The van der Waals surface area contributed by atoms with Gasteiger partial charge in [0.2, 0.25) is 0 Å². The molecule has 0 aromatic rings. The van der Waals surface area contributed by atoms with E-state index >= 15 is 0 Å². The summed E-state index contributed by atoms with van der Waals surface area (Å²) >= 11 is 0. The van der Waals surface area contributed by atoms with Crippen molar-refractivity contribution in [2.24, 2.45) is 0 Å². The van der Waals surface area contributed by atoms with Crippen molar-refractivity contribution in [1.82, 2.24) is 5.32 Å². The lowest BCUT2D eigenvalue weighted by atomic mass is 10.3. The Bertz CT molecular complexity index is 120. The smallest absolute Gasteiger partial charge is 0.329 e. The van der Waals surface area contributed by atoms with E-state index in [2.05, 4.69) is 5.32 Å². The predicted octanol–water partition coefficient (Wildman–Crippen LogP) is -0.551. The number of aliphatic carboxylic acids is 1. The normalized spacial score (nSPS) is 25.0. The molecule has 0 bridgehead atoms. The van der Waals surface area contributed by atoms with Gasteiger partial charge < -0.3 is 15.2 Å². The molecule has 1 rings (SSSR count). The van der Waals surface area contributed by atoms with Crippen molar-refractivity contribution in [2.45, 2.75) is 12.5 Å². The van der Waals surface area contributed by atoms with E-state index in [-0.39, 0.29) is 12.7 Å². The molecule has 1 heterocycles. The van der Waals surface area contributed by atoms with Gasteiger partial charge in [-0.1, -0.05) is 0 Å². The highest BCUT2D eigenvalue weighted by atomic mass is 16.5. The fourth-order valence-electron chi connectivity index (χ4n) is 0.960. The average molecular weight is 145 g/mol. The van der Waals surface area contributed by atoms with Gasteiger partial charge in [-0.25, -0.2) is 4.79 Å². The van der Waals surface area contributed by atoms with Crippen molar-refractivity contribution in [3.05, 3.63) is 0 Å². The van der Waals surface area contributed by atoms with Crippen LogP contribution in [0.2, 0.25) is 0 Å². The Morgan fingerprint density at radius 1 is 1.80 bits per heavy atom. The zero-order valence-corrected chi connectivity index (χ0v) is 5.67. The van der Waals surface area contributed by atoms with Crippen LogP contribution >= 0.6 is 0 Å². The van der Waals surface area contributed by atoms with Crippen molar-refractivity contribution < 1.29 is 14.6 Å². The van der Waals surface area contributed by atoms with E-state index in [4.69, 9.17) is 9.84 Å². The first-order valence-corrected chi connectivity index (χ1v) is 3.33. The highest BCUT2D eigenvalue weighted by Gasteiger charge is 2.15. The van der Waals surface area contributed by atoms with Gasteiger partial charge in [0.25, 0.3) is 0 Å². The van der Waals surface area contributed by atoms with E-state index in [9.17, 15) is 4.79 Å². The Kier molecular flexibility index (Phi) is 2.65. The quantitative estimate of drug-likeness (QED) is 0.559. The van der Waals surface area contributed by atoms with E-state index in [1.807, 2.05) is 0 Å². The minimum Gasteiger partial charge on any atom is -0.480 e. The number of carboxylic acids is 1. The molecule has 0 aromatic carbocycles. The third kappa shape index (κ3) is 2.33. The first-order chi connectivity index (χ1) is 4.79. The second kappa shape index (κ2) is 3.53. The molecular weight excluding hydrogens is 134 g/mol. The summed E-state index contributed by atoms with van der Waals surface area (Å²) in [6.07, 6.45) is 1.03. The molecule has 1 aliphatic heterocycles. The van der Waals surface area contributed by atoms with Gasteiger partial charge in [-0.3, -0.25) is 0 Å². The van der Waals surface area contributed by atoms with Gasteiger partial charge in [0.15, 0.2) is 0 Å². The van der Waals surface area contributed by atoms with Crippen LogP contribution < -0.4 is 5.32 Å². The van der Waals surface area contributed by atoms with Crippen LogP contribution in [0.5, 0.6) is 0 Å². The number of hydrogen-bond donors (Lipinski definition) is 2. The number of nitrogens with one attached hydrogen (secondary N) is 1. The second-order valence-electron chi connectivity index (χ2n) is 2.32.